The Morgan fingerprint density at radius 1 is 1.07 bits per heavy atom. The Kier molecular flexibility index (Phi) is 35.8. The molecule has 0 aromatic rings. The van der Waals surface area contributed by atoms with Crippen LogP contribution < -0.4 is 5.73 Å². The number of nitrogens with two attached hydrogens (primary N) is 1. The molecule has 0 bridgehead atoms. The number of rotatable bonds is 5. The molecule has 0 atom stereocenters. The predicted molar refractivity (Wildman–Crippen MR) is 160 cm³/mol. The Hall–Kier alpha value is 2.85. The standard InChI is InChI=1S/C5H10O.C4H9NO.C4H8O2.C3H5I3.C3H6I.CH4.V/c1-2-5(6)3-4-5;5-3-4(6)1-2-4;1-3-4(5)6-2;1-2-3(4,5)6;1-2-3-4;;/h6H,2-4H2,1H3;6H,1-3,5H2;3H2,1-2H3;2H2,1H3;3H,2H2,1H3;1H4;/q;;;;-1;;. The Morgan fingerprint density at radius 3 is 1.40 bits per heavy atom. The Labute approximate surface area is 252 Å². The Morgan fingerprint density at radius 2 is 1.40 bits per heavy atom. The van der Waals surface area contributed by atoms with Crippen LogP contribution in [-0.4, -0.2) is 40.5 Å². The molecule has 5 nitrogen and oxygen atoms in total. The van der Waals surface area contributed by atoms with Gasteiger partial charge < -0.3 is 43.3 Å². The Balaban J connectivity index is -0.0000000860. The SMILES string of the molecule is C.CCC(=O)OC.CCC(I)(I)I.CCC1(O)CC1.CC[CH-]I.NCC1(O)CC1.[V]. The summed E-state index contributed by atoms with van der Waals surface area (Å²) in [5.41, 5.74) is 4.48. The van der Waals surface area contributed by atoms with Gasteiger partial charge in [-0.1, -0.05) is 103 Å². The number of esters is 1. The van der Waals surface area contributed by atoms with E-state index in [-0.39, 0.29) is 37.6 Å². The number of hydrogen-bond donors (Lipinski definition) is 3. The molecule has 185 valence electrons. The van der Waals surface area contributed by atoms with E-state index in [9.17, 15) is 4.79 Å². The quantitative estimate of drug-likeness (QED) is 0.120. The third-order valence-electron chi connectivity index (χ3n) is 3.76. The van der Waals surface area contributed by atoms with Gasteiger partial charge in [-0.15, -0.1) is 0 Å². The number of methoxy groups -OCH3 is 1. The summed E-state index contributed by atoms with van der Waals surface area (Å²) in [4.78, 5) is 9.96. The summed E-state index contributed by atoms with van der Waals surface area (Å²) in [6.45, 7) is 8.52. The fourth-order valence-electron chi connectivity index (χ4n) is 0.991. The molecule has 0 spiro atoms. The molecule has 2 fully saturated rings. The van der Waals surface area contributed by atoms with Crippen molar-refractivity contribution in [1.29, 1.82) is 0 Å². The zero-order chi connectivity index (χ0) is 22.9. The minimum Gasteiger partial charge on any atom is -0.469 e. The second-order valence-corrected chi connectivity index (χ2v) is 19.1. The topological polar surface area (TPSA) is 92.8 Å². The van der Waals surface area contributed by atoms with E-state index in [1.54, 1.807) is 6.92 Å². The first kappa shape index (κ1) is 43.0. The van der Waals surface area contributed by atoms with Gasteiger partial charge in [0.15, 0.2) is 0 Å². The number of aliphatic hydroxyl groups is 2. The van der Waals surface area contributed by atoms with E-state index in [4.69, 9.17) is 15.9 Å². The molecule has 4 N–H and O–H groups in total. The second-order valence-electron chi connectivity index (χ2n) is 6.47. The fraction of sp³-hybridized carbons (Fsp3) is 0.900. The molecule has 0 aromatic heterocycles. The third kappa shape index (κ3) is 38.1. The number of carbonyl (C=O) groups excluding carboxylic acids is 1. The zero-order valence-corrected chi connectivity index (χ0v) is 28.2. The van der Waals surface area contributed by atoms with Gasteiger partial charge in [-0.3, -0.25) is 9.22 Å². The summed E-state index contributed by atoms with van der Waals surface area (Å²) in [5, 5.41) is 17.8. The smallest absolute Gasteiger partial charge is 0.305 e. The average Bonchev–Trinajstić information content (AvgIpc) is 3.61. The molecule has 0 unspecified atom stereocenters. The zero-order valence-electron chi connectivity index (χ0n) is 18.2. The van der Waals surface area contributed by atoms with Crippen LogP contribution in [0.2, 0.25) is 0 Å². The van der Waals surface area contributed by atoms with Gasteiger partial charge in [0.05, 0.1) is 18.3 Å². The van der Waals surface area contributed by atoms with E-state index >= 15 is 0 Å². The number of carbonyl (C=O) groups is 1. The molecule has 0 aliphatic heterocycles. The first-order valence-electron chi connectivity index (χ1n) is 9.52. The van der Waals surface area contributed by atoms with Crippen LogP contribution >= 0.6 is 90.4 Å². The molecule has 2 aliphatic rings. The van der Waals surface area contributed by atoms with E-state index in [1.807, 2.05) is 6.92 Å². The van der Waals surface area contributed by atoms with Gasteiger partial charge in [0.2, 0.25) is 0 Å². The first-order valence-corrected chi connectivity index (χ1v) is 14.0. The van der Waals surface area contributed by atoms with Crippen LogP contribution in [0.25, 0.3) is 0 Å². The van der Waals surface area contributed by atoms with Crippen molar-refractivity contribution in [2.75, 3.05) is 13.7 Å². The molecule has 0 aromatic carbocycles. The summed E-state index contributed by atoms with van der Waals surface area (Å²) >= 11 is 9.47. The first-order chi connectivity index (χ1) is 12.8. The van der Waals surface area contributed by atoms with Crippen LogP contribution in [0.5, 0.6) is 0 Å². The van der Waals surface area contributed by atoms with Gasteiger partial charge in [0, 0.05) is 31.5 Å². The number of halogens is 4. The molecule has 2 aliphatic carbocycles. The van der Waals surface area contributed by atoms with Crippen LogP contribution in [0.4, 0.5) is 0 Å². The molecule has 1 radical (unpaired) electrons. The summed E-state index contributed by atoms with van der Waals surface area (Å²) in [7, 11) is 1.38. The van der Waals surface area contributed by atoms with Crippen molar-refractivity contribution in [2.24, 2.45) is 5.73 Å². The van der Waals surface area contributed by atoms with Gasteiger partial charge >= 0.3 is 5.97 Å². The van der Waals surface area contributed by atoms with Crippen LogP contribution in [0, 0.1) is 4.43 Å². The largest absolute Gasteiger partial charge is 0.469 e. The van der Waals surface area contributed by atoms with E-state index in [0.717, 1.165) is 32.1 Å². The molecular formula is C20H42I4NO4V-. The van der Waals surface area contributed by atoms with Gasteiger partial charge in [-0.2, -0.15) is 6.42 Å². The maximum atomic E-state index is 9.96. The van der Waals surface area contributed by atoms with Crippen LogP contribution in [0.3, 0.4) is 0 Å². The van der Waals surface area contributed by atoms with Gasteiger partial charge in [0.1, 0.15) is -0.565 Å². The maximum Gasteiger partial charge on any atom is 0.305 e. The van der Waals surface area contributed by atoms with Crippen molar-refractivity contribution in [2.45, 2.75) is 97.1 Å². The average molecular weight is 919 g/mol. The molecular weight excluding hydrogens is 877 g/mol. The fourth-order valence-corrected chi connectivity index (χ4v) is 0.991. The predicted octanol–water partition coefficient (Wildman–Crippen LogP) is 6.94. The molecule has 2 saturated carbocycles. The van der Waals surface area contributed by atoms with Gasteiger partial charge in [0.25, 0.3) is 0 Å². The van der Waals surface area contributed by atoms with Crippen LogP contribution in [-0.2, 0) is 28.1 Å². The summed E-state index contributed by atoms with van der Waals surface area (Å²) in [6.07, 6.45) is 7.69. The normalized spacial score (nSPS) is 15.7. The van der Waals surface area contributed by atoms with Crippen molar-refractivity contribution < 1.29 is 38.3 Å². The number of hydrogen-bond acceptors (Lipinski definition) is 5. The van der Waals surface area contributed by atoms with Crippen molar-refractivity contribution in [1.82, 2.24) is 0 Å². The van der Waals surface area contributed by atoms with E-state index in [1.165, 1.54) is 20.0 Å². The monoisotopic (exact) mass is 919 g/mol. The summed E-state index contributed by atoms with van der Waals surface area (Å²) < 4.78 is 6.81. The second kappa shape index (κ2) is 25.0. The van der Waals surface area contributed by atoms with Crippen LogP contribution in [0.1, 0.15) is 86.5 Å². The van der Waals surface area contributed by atoms with Crippen molar-refractivity contribution in [3.63, 3.8) is 0 Å². The van der Waals surface area contributed by atoms with Crippen molar-refractivity contribution in [3.05, 3.63) is 4.43 Å². The van der Waals surface area contributed by atoms with E-state index < -0.39 is 5.60 Å². The van der Waals surface area contributed by atoms with E-state index in [2.05, 4.69) is 113 Å². The van der Waals surface area contributed by atoms with Crippen molar-refractivity contribution in [3.8, 4) is 0 Å². The minimum absolute atomic E-state index is 0. The number of ether oxygens (including phenoxy) is 1. The van der Waals surface area contributed by atoms with Gasteiger partial charge in [-0.05, 0) is 38.5 Å². The maximum absolute atomic E-state index is 9.96. The molecule has 2 rings (SSSR count). The van der Waals surface area contributed by atoms with Gasteiger partial charge in [-0.25, -0.2) is 0 Å². The van der Waals surface area contributed by atoms with E-state index in [0.29, 0.717) is 12.4 Å². The number of alkyl halides is 3. The third-order valence-corrected chi connectivity index (χ3v) is 6.93. The molecule has 0 amide bonds. The van der Waals surface area contributed by atoms with Crippen molar-refractivity contribution >= 4 is 96.3 Å². The Bertz CT molecular complexity index is 345. The molecule has 0 saturated heterocycles. The molecule has 0 heterocycles. The minimum atomic E-state index is -0.431. The molecule has 10 heteroatoms. The molecule has 30 heavy (non-hydrogen) atoms. The summed E-state index contributed by atoms with van der Waals surface area (Å²) in [5.74, 6) is -0.157. The van der Waals surface area contributed by atoms with Crippen LogP contribution in [0.15, 0.2) is 0 Å². The summed E-state index contributed by atoms with van der Waals surface area (Å²) in [6, 6.07) is 0.